The number of benzene rings is 1. The summed E-state index contributed by atoms with van der Waals surface area (Å²) >= 11 is 0. The van der Waals surface area contributed by atoms with E-state index in [1.807, 2.05) is 6.07 Å². The largest absolute Gasteiger partial charge is 0.382 e. The third kappa shape index (κ3) is 3.13. The van der Waals surface area contributed by atoms with E-state index in [1.165, 1.54) is 18.9 Å². The number of anilines is 1. The zero-order valence-corrected chi connectivity index (χ0v) is 12.9. The Bertz CT molecular complexity index is 564. The molecule has 0 aromatic heterocycles. The molecule has 112 valence electrons. The van der Waals surface area contributed by atoms with Gasteiger partial charge in [0.05, 0.1) is 5.69 Å². The molecule has 1 aliphatic carbocycles. The van der Waals surface area contributed by atoms with Crippen LogP contribution in [0, 0.1) is 0 Å². The molecule has 0 spiro atoms. The van der Waals surface area contributed by atoms with Crippen molar-refractivity contribution in [3.63, 3.8) is 0 Å². The lowest BCUT2D eigenvalue weighted by molar-refractivity contribution is 0.172. The third-order valence-electron chi connectivity index (χ3n) is 4.28. The maximum absolute atomic E-state index is 11.6. The van der Waals surface area contributed by atoms with Crippen molar-refractivity contribution in [2.24, 2.45) is 5.14 Å². The highest BCUT2D eigenvalue weighted by Crippen LogP contribution is 2.34. The predicted molar refractivity (Wildman–Crippen MR) is 81.2 cm³/mol. The average Bonchev–Trinajstić information content (AvgIpc) is 2.86. The SMILES string of the molecule is CN(C)C1(CNc2ccccc2S(N)(=O)=O)CCCC1. The zero-order valence-electron chi connectivity index (χ0n) is 12.1. The van der Waals surface area contributed by atoms with Crippen LogP contribution in [0.2, 0.25) is 0 Å². The Hall–Kier alpha value is -1.11. The highest BCUT2D eigenvalue weighted by Gasteiger charge is 2.35. The summed E-state index contributed by atoms with van der Waals surface area (Å²) in [4.78, 5) is 2.40. The van der Waals surface area contributed by atoms with E-state index in [4.69, 9.17) is 5.14 Å². The van der Waals surface area contributed by atoms with Crippen molar-refractivity contribution in [2.45, 2.75) is 36.1 Å². The Kier molecular flexibility index (Phi) is 4.36. The lowest BCUT2D eigenvalue weighted by Crippen LogP contribution is -2.47. The average molecular weight is 297 g/mol. The fourth-order valence-corrected chi connectivity index (χ4v) is 3.65. The minimum atomic E-state index is -3.70. The number of primary sulfonamides is 1. The molecule has 3 N–H and O–H groups in total. The van der Waals surface area contributed by atoms with E-state index in [1.54, 1.807) is 12.1 Å². The molecule has 6 heteroatoms. The van der Waals surface area contributed by atoms with Gasteiger partial charge in [-0.2, -0.15) is 0 Å². The molecular weight excluding hydrogens is 274 g/mol. The fraction of sp³-hybridized carbons (Fsp3) is 0.571. The van der Waals surface area contributed by atoms with Crippen LogP contribution in [0.15, 0.2) is 29.2 Å². The van der Waals surface area contributed by atoms with Gasteiger partial charge in [-0.25, -0.2) is 13.6 Å². The van der Waals surface area contributed by atoms with Gasteiger partial charge in [0.25, 0.3) is 0 Å². The second-order valence-electron chi connectivity index (χ2n) is 5.72. The highest BCUT2D eigenvalue weighted by molar-refractivity contribution is 7.89. The van der Waals surface area contributed by atoms with Gasteiger partial charge in [0, 0.05) is 12.1 Å². The smallest absolute Gasteiger partial charge is 0.240 e. The summed E-state index contributed by atoms with van der Waals surface area (Å²) in [5, 5.41) is 8.54. The molecule has 0 bridgehead atoms. The van der Waals surface area contributed by atoms with E-state index < -0.39 is 10.0 Å². The standard InChI is InChI=1S/C14H23N3O2S/c1-17(2)14(9-5-6-10-14)11-16-12-7-3-4-8-13(12)20(15,18)19/h3-4,7-8,16H,5-6,9-11H2,1-2H3,(H2,15,18,19). The van der Waals surface area contributed by atoms with Crippen LogP contribution in [-0.4, -0.2) is 39.5 Å². The number of sulfonamides is 1. The van der Waals surface area contributed by atoms with Gasteiger partial charge in [-0.15, -0.1) is 0 Å². The molecule has 0 amide bonds. The molecule has 1 fully saturated rings. The summed E-state index contributed by atoms with van der Waals surface area (Å²) in [6, 6.07) is 6.79. The first-order valence-corrected chi connectivity index (χ1v) is 8.43. The monoisotopic (exact) mass is 297 g/mol. The Morgan fingerprint density at radius 1 is 1.25 bits per heavy atom. The maximum Gasteiger partial charge on any atom is 0.240 e. The van der Waals surface area contributed by atoms with Gasteiger partial charge < -0.3 is 10.2 Å². The van der Waals surface area contributed by atoms with Gasteiger partial charge in [-0.1, -0.05) is 25.0 Å². The lowest BCUT2D eigenvalue weighted by atomic mass is 9.96. The van der Waals surface area contributed by atoms with E-state index in [-0.39, 0.29) is 10.4 Å². The van der Waals surface area contributed by atoms with Crippen molar-refractivity contribution >= 4 is 15.7 Å². The molecule has 0 unspecified atom stereocenters. The Morgan fingerprint density at radius 3 is 2.40 bits per heavy atom. The highest BCUT2D eigenvalue weighted by atomic mass is 32.2. The van der Waals surface area contributed by atoms with Crippen LogP contribution in [0.3, 0.4) is 0 Å². The van der Waals surface area contributed by atoms with Crippen molar-refractivity contribution in [1.29, 1.82) is 0 Å². The number of likely N-dealkylation sites (N-methyl/N-ethyl adjacent to an activating group) is 1. The summed E-state index contributed by atoms with van der Waals surface area (Å²) < 4.78 is 23.2. The van der Waals surface area contributed by atoms with Crippen LogP contribution in [0.4, 0.5) is 5.69 Å². The maximum atomic E-state index is 11.6. The number of hydrogen-bond acceptors (Lipinski definition) is 4. The molecule has 1 aromatic carbocycles. The normalized spacial score (nSPS) is 18.4. The minimum absolute atomic E-state index is 0.103. The van der Waals surface area contributed by atoms with Crippen LogP contribution in [0.5, 0.6) is 0 Å². The van der Waals surface area contributed by atoms with Gasteiger partial charge >= 0.3 is 0 Å². The number of para-hydroxylation sites is 1. The van der Waals surface area contributed by atoms with Gasteiger partial charge in [0.15, 0.2) is 0 Å². The number of nitrogens with zero attached hydrogens (tertiary/aromatic N) is 1. The van der Waals surface area contributed by atoms with Gasteiger partial charge in [-0.3, -0.25) is 0 Å². The lowest BCUT2D eigenvalue weighted by Gasteiger charge is -2.37. The second-order valence-corrected chi connectivity index (χ2v) is 7.25. The summed E-state index contributed by atoms with van der Waals surface area (Å²) in [6.45, 7) is 0.729. The van der Waals surface area contributed by atoms with Crippen LogP contribution >= 0.6 is 0 Å². The van der Waals surface area contributed by atoms with Crippen molar-refractivity contribution in [1.82, 2.24) is 4.90 Å². The van der Waals surface area contributed by atoms with Crippen molar-refractivity contribution in [3.05, 3.63) is 24.3 Å². The first kappa shape index (κ1) is 15.3. The third-order valence-corrected chi connectivity index (χ3v) is 5.25. The Labute approximate surface area is 121 Å². The summed E-state index contributed by atoms with van der Waals surface area (Å²) in [6.07, 6.45) is 4.70. The molecule has 1 aliphatic rings. The first-order chi connectivity index (χ1) is 9.35. The summed E-state index contributed by atoms with van der Waals surface area (Å²) in [5.74, 6) is 0. The molecular formula is C14H23N3O2S. The van der Waals surface area contributed by atoms with Crippen LogP contribution in [0.1, 0.15) is 25.7 Å². The quantitative estimate of drug-likeness (QED) is 0.866. The zero-order chi connectivity index (χ0) is 14.8. The molecule has 0 radical (unpaired) electrons. The predicted octanol–water partition coefficient (Wildman–Crippen LogP) is 1.62. The topological polar surface area (TPSA) is 75.4 Å². The summed E-state index contributed by atoms with van der Waals surface area (Å²) in [7, 11) is 0.469. The molecule has 1 saturated carbocycles. The first-order valence-electron chi connectivity index (χ1n) is 6.88. The second kappa shape index (κ2) is 5.71. The van der Waals surface area contributed by atoms with Crippen LogP contribution < -0.4 is 10.5 Å². The van der Waals surface area contributed by atoms with Crippen molar-refractivity contribution < 1.29 is 8.42 Å². The van der Waals surface area contributed by atoms with E-state index in [9.17, 15) is 8.42 Å². The molecule has 0 heterocycles. The van der Waals surface area contributed by atoms with Gasteiger partial charge in [0.2, 0.25) is 10.0 Å². The van der Waals surface area contributed by atoms with E-state index in [2.05, 4.69) is 24.3 Å². The minimum Gasteiger partial charge on any atom is -0.382 e. The molecule has 5 nitrogen and oxygen atoms in total. The molecule has 0 aliphatic heterocycles. The van der Waals surface area contributed by atoms with Crippen molar-refractivity contribution in [3.8, 4) is 0 Å². The van der Waals surface area contributed by atoms with Crippen molar-refractivity contribution in [2.75, 3.05) is 26.0 Å². The molecule has 1 aromatic rings. The van der Waals surface area contributed by atoms with Gasteiger partial charge in [0.1, 0.15) is 4.90 Å². The number of rotatable bonds is 5. The molecule has 0 atom stereocenters. The van der Waals surface area contributed by atoms with E-state index in [0.29, 0.717) is 5.69 Å². The number of nitrogens with two attached hydrogens (primary N) is 1. The Morgan fingerprint density at radius 2 is 1.85 bits per heavy atom. The number of hydrogen-bond donors (Lipinski definition) is 2. The van der Waals surface area contributed by atoms with Crippen LogP contribution in [0.25, 0.3) is 0 Å². The summed E-state index contributed by atoms with van der Waals surface area (Å²) in [5.41, 5.74) is 0.689. The van der Waals surface area contributed by atoms with E-state index >= 15 is 0 Å². The van der Waals surface area contributed by atoms with E-state index in [0.717, 1.165) is 19.4 Å². The Balaban J connectivity index is 2.19. The van der Waals surface area contributed by atoms with Gasteiger partial charge in [-0.05, 0) is 39.1 Å². The fourth-order valence-electron chi connectivity index (χ4n) is 2.94. The molecule has 2 rings (SSSR count). The molecule has 0 saturated heterocycles. The molecule has 20 heavy (non-hydrogen) atoms. The van der Waals surface area contributed by atoms with Crippen LogP contribution in [-0.2, 0) is 10.0 Å². The number of nitrogens with one attached hydrogen (secondary N) is 1.